The Balaban J connectivity index is 2.17. The summed E-state index contributed by atoms with van der Waals surface area (Å²) in [6.45, 7) is 0. The fraction of sp³-hybridized carbons (Fsp3) is 0. The Kier molecular flexibility index (Phi) is 2.28. The molecule has 0 unspecified atom stereocenters. The molecule has 2 heteroatoms. The van der Waals surface area contributed by atoms with Crippen LogP contribution in [0.25, 0.3) is 11.0 Å². The molecule has 0 amide bonds. The SMILES string of the molecule is O=c1cc([C]2[CH][CH][CH][CH]2)oc2ccccc12. The van der Waals surface area contributed by atoms with Gasteiger partial charge in [0, 0.05) is 12.0 Å². The third-order valence-electron chi connectivity index (χ3n) is 2.58. The summed E-state index contributed by atoms with van der Waals surface area (Å²) in [6.07, 6.45) is 7.69. The molecule has 0 N–H and O–H groups in total. The van der Waals surface area contributed by atoms with Crippen molar-refractivity contribution in [3.63, 3.8) is 0 Å². The maximum absolute atomic E-state index is 11.8. The van der Waals surface area contributed by atoms with Crippen molar-refractivity contribution in [2.24, 2.45) is 0 Å². The Labute approximate surface area is 93.9 Å². The van der Waals surface area contributed by atoms with Gasteiger partial charge >= 0.3 is 0 Å². The van der Waals surface area contributed by atoms with Gasteiger partial charge in [-0.2, -0.15) is 0 Å². The van der Waals surface area contributed by atoms with Crippen LogP contribution in [0.15, 0.2) is 39.5 Å². The average Bonchev–Trinajstić information content (AvgIpc) is 2.82. The smallest absolute Gasteiger partial charge is 0.192 e. The van der Waals surface area contributed by atoms with Gasteiger partial charge in [0.15, 0.2) is 5.43 Å². The number of benzene rings is 1. The van der Waals surface area contributed by atoms with E-state index in [0.717, 1.165) is 5.92 Å². The Morgan fingerprint density at radius 1 is 1.00 bits per heavy atom. The van der Waals surface area contributed by atoms with Crippen LogP contribution < -0.4 is 5.43 Å². The molecule has 16 heavy (non-hydrogen) atoms. The molecule has 1 aliphatic carbocycles. The molecule has 5 radical (unpaired) electrons. The van der Waals surface area contributed by atoms with Gasteiger partial charge in [0.2, 0.25) is 0 Å². The van der Waals surface area contributed by atoms with Gasteiger partial charge in [0.05, 0.1) is 5.39 Å². The summed E-state index contributed by atoms with van der Waals surface area (Å²) < 4.78 is 5.69. The van der Waals surface area contributed by atoms with Crippen molar-refractivity contribution in [3.8, 4) is 0 Å². The maximum atomic E-state index is 11.8. The second kappa shape index (κ2) is 3.78. The van der Waals surface area contributed by atoms with Crippen LogP contribution in [-0.4, -0.2) is 0 Å². The molecule has 1 saturated carbocycles. The quantitative estimate of drug-likeness (QED) is 0.722. The number of hydrogen-bond acceptors (Lipinski definition) is 2. The molecule has 2 aromatic rings. The lowest BCUT2D eigenvalue weighted by atomic mass is 10.0. The van der Waals surface area contributed by atoms with Gasteiger partial charge in [-0.3, -0.25) is 4.79 Å². The lowest BCUT2D eigenvalue weighted by Crippen LogP contribution is -2.05. The highest BCUT2D eigenvalue weighted by atomic mass is 16.3. The van der Waals surface area contributed by atoms with Crippen LogP contribution in [-0.2, 0) is 0 Å². The predicted molar refractivity (Wildman–Crippen MR) is 62.0 cm³/mol. The van der Waals surface area contributed by atoms with E-state index in [1.807, 2.05) is 43.9 Å². The van der Waals surface area contributed by atoms with Gasteiger partial charge in [-0.25, -0.2) is 0 Å². The molecule has 0 spiro atoms. The monoisotopic (exact) mass is 209 g/mol. The largest absolute Gasteiger partial charge is 0.460 e. The zero-order chi connectivity index (χ0) is 11.0. The zero-order valence-electron chi connectivity index (χ0n) is 8.51. The van der Waals surface area contributed by atoms with Crippen molar-refractivity contribution < 1.29 is 4.42 Å². The van der Waals surface area contributed by atoms with Crippen LogP contribution in [0.4, 0.5) is 0 Å². The summed E-state index contributed by atoms with van der Waals surface area (Å²) in [5, 5.41) is 0.623. The van der Waals surface area contributed by atoms with E-state index in [2.05, 4.69) is 0 Å². The van der Waals surface area contributed by atoms with Crippen LogP contribution >= 0.6 is 0 Å². The van der Waals surface area contributed by atoms with E-state index < -0.39 is 0 Å². The van der Waals surface area contributed by atoms with Gasteiger partial charge in [-0.15, -0.1) is 0 Å². The molecule has 0 atom stereocenters. The third-order valence-corrected chi connectivity index (χ3v) is 2.58. The van der Waals surface area contributed by atoms with Crippen molar-refractivity contribution in [2.45, 2.75) is 0 Å². The van der Waals surface area contributed by atoms with Gasteiger partial charge in [0.25, 0.3) is 0 Å². The first-order valence-corrected chi connectivity index (χ1v) is 5.09. The van der Waals surface area contributed by atoms with E-state index in [4.69, 9.17) is 4.42 Å². The molecule has 3 rings (SSSR count). The normalized spacial score (nSPS) is 17.0. The fourth-order valence-corrected chi connectivity index (χ4v) is 1.78. The van der Waals surface area contributed by atoms with Gasteiger partial charge in [-0.05, 0) is 37.8 Å². The number of hydrogen-bond donors (Lipinski definition) is 0. The van der Waals surface area contributed by atoms with E-state index in [0.29, 0.717) is 16.7 Å². The molecule has 77 valence electrons. The molecule has 1 heterocycles. The summed E-state index contributed by atoms with van der Waals surface area (Å²) in [5.74, 6) is 1.55. The minimum atomic E-state index is -0.00181. The highest BCUT2D eigenvalue weighted by Gasteiger charge is 2.22. The van der Waals surface area contributed by atoms with Crippen molar-refractivity contribution in [2.75, 3.05) is 0 Å². The molecule has 1 aromatic carbocycles. The first kappa shape index (κ1) is 9.64. The van der Waals surface area contributed by atoms with Gasteiger partial charge in [-0.1, -0.05) is 12.1 Å². The topological polar surface area (TPSA) is 30.2 Å². The molecule has 1 fully saturated rings. The molecule has 0 bridgehead atoms. The Morgan fingerprint density at radius 2 is 1.75 bits per heavy atom. The second-order valence-corrected chi connectivity index (χ2v) is 3.64. The van der Waals surface area contributed by atoms with Crippen molar-refractivity contribution in [1.82, 2.24) is 0 Å². The standard InChI is InChI=1S/C14H9O2/c15-12-9-14(10-5-1-2-6-10)16-13-8-4-3-7-11(12)13/h1-9H. The van der Waals surface area contributed by atoms with Crippen molar-refractivity contribution in [3.05, 3.63) is 77.9 Å². The average molecular weight is 209 g/mol. The van der Waals surface area contributed by atoms with Crippen molar-refractivity contribution >= 4 is 11.0 Å². The zero-order valence-corrected chi connectivity index (χ0v) is 8.51. The summed E-state index contributed by atoms with van der Waals surface area (Å²) >= 11 is 0. The van der Waals surface area contributed by atoms with Crippen LogP contribution in [0.2, 0.25) is 0 Å². The fourth-order valence-electron chi connectivity index (χ4n) is 1.78. The van der Waals surface area contributed by atoms with Crippen LogP contribution in [0.1, 0.15) is 5.76 Å². The summed E-state index contributed by atoms with van der Waals surface area (Å²) in [4.78, 5) is 11.8. The van der Waals surface area contributed by atoms with Crippen LogP contribution in [0, 0.1) is 31.6 Å². The molecular weight excluding hydrogens is 200 g/mol. The molecule has 1 aromatic heterocycles. The van der Waals surface area contributed by atoms with Crippen LogP contribution in [0.3, 0.4) is 0 Å². The molecule has 0 saturated heterocycles. The summed E-state index contributed by atoms with van der Waals surface area (Å²) in [6, 6.07) is 8.82. The minimum Gasteiger partial charge on any atom is -0.460 e. The first-order chi connectivity index (χ1) is 7.84. The van der Waals surface area contributed by atoms with Gasteiger partial charge in [0.1, 0.15) is 11.3 Å². The number of fused-ring (bicyclic) bond motifs is 1. The molecule has 0 aliphatic heterocycles. The predicted octanol–water partition coefficient (Wildman–Crippen LogP) is 2.55. The van der Waals surface area contributed by atoms with Crippen LogP contribution in [0.5, 0.6) is 0 Å². The minimum absolute atomic E-state index is 0.00181. The summed E-state index contributed by atoms with van der Waals surface area (Å²) in [5.41, 5.74) is 0.629. The highest BCUT2D eigenvalue weighted by molar-refractivity contribution is 5.76. The van der Waals surface area contributed by atoms with E-state index in [1.165, 1.54) is 6.07 Å². The van der Waals surface area contributed by atoms with E-state index in [-0.39, 0.29) is 5.43 Å². The highest BCUT2D eigenvalue weighted by Crippen LogP contribution is 2.30. The summed E-state index contributed by atoms with van der Waals surface area (Å²) in [7, 11) is 0. The van der Waals surface area contributed by atoms with E-state index in [1.54, 1.807) is 6.07 Å². The lowest BCUT2D eigenvalue weighted by Gasteiger charge is -2.07. The second-order valence-electron chi connectivity index (χ2n) is 3.64. The number of rotatable bonds is 1. The van der Waals surface area contributed by atoms with E-state index in [9.17, 15) is 4.79 Å². The lowest BCUT2D eigenvalue weighted by molar-refractivity contribution is 0.563. The van der Waals surface area contributed by atoms with E-state index >= 15 is 0 Å². The molecule has 2 nitrogen and oxygen atoms in total. The Bertz CT molecular complexity index is 562. The molecule has 1 aliphatic rings. The number of para-hydroxylation sites is 1. The van der Waals surface area contributed by atoms with Crippen molar-refractivity contribution in [1.29, 1.82) is 0 Å². The third kappa shape index (κ3) is 1.54. The molecular formula is C14H9O2. The Morgan fingerprint density at radius 3 is 2.56 bits per heavy atom. The first-order valence-electron chi connectivity index (χ1n) is 5.09. The Hall–Kier alpha value is -1.57. The van der Waals surface area contributed by atoms with Gasteiger partial charge < -0.3 is 4.42 Å². The maximum Gasteiger partial charge on any atom is 0.192 e.